The molecule has 0 atom stereocenters. The molecule has 1 aromatic rings. The van der Waals surface area contributed by atoms with Crippen molar-refractivity contribution in [3.05, 3.63) is 23.4 Å². The van der Waals surface area contributed by atoms with Crippen LogP contribution in [-0.4, -0.2) is 29.1 Å². The van der Waals surface area contributed by atoms with E-state index in [1.54, 1.807) is 6.20 Å². The number of anilines is 1. The van der Waals surface area contributed by atoms with Crippen molar-refractivity contribution >= 4 is 11.7 Å². The SMILES string of the molecule is CCCN(CC)c1nccc(C)c1/C(N)=N/O. The lowest BCUT2D eigenvalue weighted by Gasteiger charge is -2.24. The summed E-state index contributed by atoms with van der Waals surface area (Å²) >= 11 is 0. The van der Waals surface area contributed by atoms with E-state index in [1.807, 2.05) is 13.0 Å². The molecule has 1 rings (SSSR count). The van der Waals surface area contributed by atoms with Crippen molar-refractivity contribution in [3.63, 3.8) is 0 Å². The molecule has 17 heavy (non-hydrogen) atoms. The Morgan fingerprint density at radius 1 is 1.53 bits per heavy atom. The number of rotatable bonds is 5. The lowest BCUT2D eigenvalue weighted by molar-refractivity contribution is 0.318. The molecular formula is C12H20N4O. The second kappa shape index (κ2) is 6.08. The zero-order valence-corrected chi connectivity index (χ0v) is 10.6. The number of aromatic nitrogens is 1. The largest absolute Gasteiger partial charge is 0.409 e. The zero-order chi connectivity index (χ0) is 12.8. The first-order valence-electron chi connectivity index (χ1n) is 5.84. The lowest BCUT2D eigenvalue weighted by atomic mass is 10.1. The molecule has 1 heterocycles. The van der Waals surface area contributed by atoms with Crippen molar-refractivity contribution < 1.29 is 5.21 Å². The summed E-state index contributed by atoms with van der Waals surface area (Å²) in [6.45, 7) is 7.85. The first kappa shape index (κ1) is 13.3. The first-order valence-corrected chi connectivity index (χ1v) is 5.84. The van der Waals surface area contributed by atoms with Crippen molar-refractivity contribution in [1.82, 2.24) is 4.98 Å². The fourth-order valence-corrected chi connectivity index (χ4v) is 1.83. The Hall–Kier alpha value is -1.78. The van der Waals surface area contributed by atoms with Gasteiger partial charge in [-0.05, 0) is 31.9 Å². The van der Waals surface area contributed by atoms with Crippen molar-refractivity contribution in [3.8, 4) is 0 Å². The molecule has 0 unspecified atom stereocenters. The number of oxime groups is 1. The molecule has 0 fully saturated rings. The Balaban J connectivity index is 3.27. The number of nitrogens with zero attached hydrogens (tertiary/aromatic N) is 3. The lowest BCUT2D eigenvalue weighted by Crippen LogP contribution is -2.29. The molecule has 0 aromatic carbocycles. The van der Waals surface area contributed by atoms with E-state index in [-0.39, 0.29) is 5.84 Å². The summed E-state index contributed by atoms with van der Waals surface area (Å²) in [6, 6.07) is 1.86. The second-order valence-electron chi connectivity index (χ2n) is 3.89. The molecule has 0 radical (unpaired) electrons. The average molecular weight is 236 g/mol. The van der Waals surface area contributed by atoms with Crippen LogP contribution in [0.15, 0.2) is 17.4 Å². The number of pyridine rings is 1. The van der Waals surface area contributed by atoms with Crippen LogP contribution in [-0.2, 0) is 0 Å². The molecule has 0 amide bonds. The van der Waals surface area contributed by atoms with E-state index in [4.69, 9.17) is 10.9 Å². The van der Waals surface area contributed by atoms with Gasteiger partial charge in [-0.1, -0.05) is 12.1 Å². The van der Waals surface area contributed by atoms with Crippen LogP contribution >= 0.6 is 0 Å². The van der Waals surface area contributed by atoms with E-state index in [2.05, 4.69) is 28.9 Å². The number of amidine groups is 1. The number of aryl methyl sites for hydroxylation is 1. The molecule has 5 nitrogen and oxygen atoms in total. The molecule has 94 valence electrons. The minimum Gasteiger partial charge on any atom is -0.409 e. The molecule has 0 aliphatic heterocycles. The van der Waals surface area contributed by atoms with Crippen LogP contribution in [0.2, 0.25) is 0 Å². The Bertz CT molecular complexity index is 403. The van der Waals surface area contributed by atoms with Crippen LogP contribution in [0, 0.1) is 6.92 Å². The third kappa shape index (κ3) is 2.87. The van der Waals surface area contributed by atoms with Crippen LogP contribution in [0.1, 0.15) is 31.4 Å². The zero-order valence-electron chi connectivity index (χ0n) is 10.6. The number of hydrogen-bond acceptors (Lipinski definition) is 4. The summed E-state index contributed by atoms with van der Waals surface area (Å²) in [7, 11) is 0. The fraction of sp³-hybridized carbons (Fsp3) is 0.500. The monoisotopic (exact) mass is 236 g/mol. The highest BCUT2D eigenvalue weighted by atomic mass is 16.4. The van der Waals surface area contributed by atoms with E-state index in [9.17, 15) is 0 Å². The Morgan fingerprint density at radius 2 is 2.24 bits per heavy atom. The van der Waals surface area contributed by atoms with Gasteiger partial charge in [0.05, 0.1) is 5.56 Å². The maximum Gasteiger partial charge on any atom is 0.174 e. The van der Waals surface area contributed by atoms with E-state index < -0.39 is 0 Å². The van der Waals surface area contributed by atoms with Crippen molar-refractivity contribution in [2.24, 2.45) is 10.9 Å². The highest BCUT2D eigenvalue weighted by Crippen LogP contribution is 2.20. The van der Waals surface area contributed by atoms with Gasteiger partial charge in [0.2, 0.25) is 0 Å². The average Bonchev–Trinajstić information content (AvgIpc) is 2.34. The fourth-order valence-electron chi connectivity index (χ4n) is 1.83. The van der Waals surface area contributed by atoms with E-state index >= 15 is 0 Å². The van der Waals surface area contributed by atoms with E-state index in [0.29, 0.717) is 5.56 Å². The van der Waals surface area contributed by atoms with Gasteiger partial charge in [0.1, 0.15) is 5.82 Å². The topological polar surface area (TPSA) is 74.7 Å². The molecule has 0 bridgehead atoms. The van der Waals surface area contributed by atoms with Gasteiger partial charge in [0.25, 0.3) is 0 Å². The molecule has 3 N–H and O–H groups in total. The maximum absolute atomic E-state index is 8.84. The Morgan fingerprint density at radius 3 is 2.76 bits per heavy atom. The van der Waals surface area contributed by atoms with Crippen LogP contribution in [0.5, 0.6) is 0 Å². The van der Waals surface area contributed by atoms with Crippen LogP contribution in [0.25, 0.3) is 0 Å². The highest BCUT2D eigenvalue weighted by Gasteiger charge is 2.16. The van der Waals surface area contributed by atoms with Gasteiger partial charge in [0.15, 0.2) is 5.84 Å². The highest BCUT2D eigenvalue weighted by molar-refractivity contribution is 6.02. The van der Waals surface area contributed by atoms with E-state index in [0.717, 1.165) is 30.9 Å². The van der Waals surface area contributed by atoms with Gasteiger partial charge >= 0.3 is 0 Å². The van der Waals surface area contributed by atoms with Gasteiger partial charge in [-0.15, -0.1) is 0 Å². The third-order valence-corrected chi connectivity index (χ3v) is 2.68. The van der Waals surface area contributed by atoms with Gasteiger partial charge in [0, 0.05) is 19.3 Å². The minimum absolute atomic E-state index is 0.111. The Labute approximate surface area is 102 Å². The van der Waals surface area contributed by atoms with Crippen LogP contribution in [0.3, 0.4) is 0 Å². The summed E-state index contributed by atoms with van der Waals surface area (Å²) < 4.78 is 0. The molecule has 0 saturated carbocycles. The third-order valence-electron chi connectivity index (χ3n) is 2.68. The standard InChI is InChI=1S/C12H20N4O/c1-4-8-16(5-2)12-10(11(13)15-17)9(3)6-7-14-12/h6-7,17H,4-5,8H2,1-3H3,(H2,13,15). The van der Waals surface area contributed by atoms with Gasteiger partial charge < -0.3 is 15.8 Å². The molecule has 0 aliphatic carbocycles. The summed E-state index contributed by atoms with van der Waals surface area (Å²) in [5.74, 6) is 0.893. The first-order chi connectivity index (χ1) is 8.15. The summed E-state index contributed by atoms with van der Waals surface area (Å²) in [5.41, 5.74) is 7.39. The van der Waals surface area contributed by atoms with Crippen molar-refractivity contribution in [1.29, 1.82) is 0 Å². The summed E-state index contributed by atoms with van der Waals surface area (Å²) in [5, 5.41) is 11.9. The van der Waals surface area contributed by atoms with Crippen LogP contribution < -0.4 is 10.6 Å². The van der Waals surface area contributed by atoms with Gasteiger partial charge in [-0.2, -0.15) is 0 Å². The smallest absolute Gasteiger partial charge is 0.174 e. The van der Waals surface area contributed by atoms with Crippen molar-refractivity contribution in [2.45, 2.75) is 27.2 Å². The minimum atomic E-state index is 0.111. The van der Waals surface area contributed by atoms with E-state index in [1.165, 1.54) is 0 Å². The number of nitrogens with two attached hydrogens (primary N) is 1. The van der Waals surface area contributed by atoms with Crippen LogP contribution in [0.4, 0.5) is 5.82 Å². The normalized spacial score (nSPS) is 11.6. The maximum atomic E-state index is 8.84. The molecule has 0 aliphatic rings. The predicted molar refractivity (Wildman–Crippen MR) is 69.7 cm³/mol. The summed E-state index contributed by atoms with van der Waals surface area (Å²) in [4.78, 5) is 6.48. The number of hydrogen-bond donors (Lipinski definition) is 2. The van der Waals surface area contributed by atoms with Gasteiger partial charge in [-0.3, -0.25) is 0 Å². The second-order valence-corrected chi connectivity index (χ2v) is 3.89. The molecular weight excluding hydrogens is 216 g/mol. The molecule has 0 spiro atoms. The molecule has 1 aromatic heterocycles. The predicted octanol–water partition coefficient (Wildman–Crippen LogP) is 1.72. The van der Waals surface area contributed by atoms with Crippen molar-refractivity contribution in [2.75, 3.05) is 18.0 Å². The Kier molecular flexibility index (Phi) is 4.75. The summed E-state index contributed by atoms with van der Waals surface area (Å²) in [6.07, 6.45) is 2.77. The quantitative estimate of drug-likeness (QED) is 0.353. The molecule has 0 saturated heterocycles. The van der Waals surface area contributed by atoms with Gasteiger partial charge in [-0.25, -0.2) is 4.98 Å². The molecule has 5 heteroatoms.